The fraction of sp³-hybridized carbons (Fsp3) is 0.312. The maximum absolute atomic E-state index is 13.7. The van der Waals surface area contributed by atoms with Crippen LogP contribution in [0, 0.1) is 5.82 Å². The lowest BCUT2D eigenvalue weighted by Crippen LogP contribution is -2.16. The maximum Gasteiger partial charge on any atom is 0.189 e. The Morgan fingerprint density at radius 3 is 2.29 bits per heavy atom. The van der Waals surface area contributed by atoms with Crippen LogP contribution in [0.3, 0.4) is 0 Å². The van der Waals surface area contributed by atoms with Gasteiger partial charge in [0.15, 0.2) is 11.4 Å². The molecule has 2 N–H and O–H groups in total. The van der Waals surface area contributed by atoms with Crippen LogP contribution in [-0.4, -0.2) is 48.9 Å². The summed E-state index contributed by atoms with van der Waals surface area (Å²) in [6.07, 6.45) is 2.32. The van der Waals surface area contributed by atoms with Gasteiger partial charge in [0.1, 0.15) is 11.6 Å². The number of anilines is 1. The Morgan fingerprint density at radius 2 is 1.79 bits per heavy atom. The Kier molecular flexibility index (Phi) is 7.10. The summed E-state index contributed by atoms with van der Waals surface area (Å²) in [7, 11) is 0. The molecule has 0 aliphatic carbocycles. The number of benzene rings is 1. The normalized spacial score (nSPS) is 13.8. The molecule has 1 fully saturated rings. The summed E-state index contributed by atoms with van der Waals surface area (Å²) >= 11 is 1.28. The van der Waals surface area contributed by atoms with Crippen molar-refractivity contribution in [3.63, 3.8) is 0 Å². The summed E-state index contributed by atoms with van der Waals surface area (Å²) in [4.78, 5) is 19.2. The van der Waals surface area contributed by atoms with Gasteiger partial charge in [-0.1, -0.05) is 23.9 Å². The van der Waals surface area contributed by atoms with Crippen molar-refractivity contribution < 1.29 is 18.7 Å². The number of hydrogen-bond acceptors (Lipinski definition) is 7. The van der Waals surface area contributed by atoms with Gasteiger partial charge in [-0.15, -0.1) is 0 Å². The third kappa shape index (κ3) is 4.73. The van der Waals surface area contributed by atoms with Gasteiger partial charge in [-0.25, -0.2) is 14.4 Å². The van der Waals surface area contributed by atoms with Gasteiger partial charge in [0, 0.05) is 5.56 Å². The molecule has 24 heavy (non-hydrogen) atoms. The third-order valence-corrected chi connectivity index (χ3v) is 3.68. The molecule has 1 aliphatic heterocycles. The number of thioether (sulfide) groups is 1. The van der Waals surface area contributed by atoms with Crippen molar-refractivity contribution in [1.29, 1.82) is 0 Å². The van der Waals surface area contributed by atoms with Crippen molar-refractivity contribution in [2.45, 2.75) is 5.16 Å². The van der Waals surface area contributed by atoms with Crippen LogP contribution < -0.4 is 5.73 Å². The first kappa shape index (κ1) is 18.3. The molecule has 0 unspecified atom stereocenters. The second kappa shape index (κ2) is 9.31. The maximum atomic E-state index is 13.7. The summed E-state index contributed by atoms with van der Waals surface area (Å²) in [6.45, 7) is 3.11. The fourth-order valence-electron chi connectivity index (χ4n) is 1.97. The third-order valence-electron chi connectivity index (χ3n) is 3.13. The molecule has 2 aromatic rings. The summed E-state index contributed by atoms with van der Waals surface area (Å²) in [6, 6.07) is 6.10. The predicted molar refractivity (Wildman–Crippen MR) is 90.6 cm³/mol. The fourth-order valence-corrected chi connectivity index (χ4v) is 2.34. The minimum atomic E-state index is -0.453. The molecule has 0 spiro atoms. The zero-order valence-electron chi connectivity index (χ0n) is 13.2. The number of nitrogen functional groups attached to an aromatic ring is 1. The number of hydrogen-bond donors (Lipinski definition) is 1. The van der Waals surface area contributed by atoms with Gasteiger partial charge in [0.25, 0.3) is 0 Å². The van der Waals surface area contributed by atoms with E-state index in [1.54, 1.807) is 24.5 Å². The molecule has 0 atom stereocenters. The second-order valence-electron chi connectivity index (χ2n) is 4.68. The minimum Gasteiger partial charge on any atom is -0.383 e. The highest BCUT2D eigenvalue weighted by Crippen LogP contribution is 2.27. The largest absolute Gasteiger partial charge is 0.383 e. The molecule has 1 aromatic heterocycles. The zero-order chi connectivity index (χ0) is 17.4. The summed E-state index contributed by atoms with van der Waals surface area (Å²) in [5, 5.41) is 0.399. The van der Waals surface area contributed by atoms with Crippen LogP contribution in [0.15, 0.2) is 29.4 Å². The lowest BCUT2D eigenvalue weighted by molar-refractivity contribution is -0.0334. The Bertz CT molecular complexity index is 685. The van der Waals surface area contributed by atoms with Crippen molar-refractivity contribution in [2.24, 2.45) is 0 Å². The van der Waals surface area contributed by atoms with E-state index in [1.807, 2.05) is 0 Å². The van der Waals surface area contributed by atoms with Gasteiger partial charge in [0.05, 0.1) is 37.7 Å². The van der Waals surface area contributed by atoms with E-state index in [1.165, 1.54) is 17.8 Å². The number of halogens is 1. The lowest BCUT2D eigenvalue weighted by atomic mass is 10.1. The van der Waals surface area contributed by atoms with E-state index in [0.717, 1.165) is 26.4 Å². The SMILES string of the molecule is C1COCCO1.CSc1nc(N)c(C=O)c(-c2ccccc2F)n1. The quantitative estimate of drug-likeness (QED) is 0.516. The van der Waals surface area contributed by atoms with Gasteiger partial charge >= 0.3 is 0 Å². The summed E-state index contributed by atoms with van der Waals surface area (Å²) < 4.78 is 23.6. The Balaban J connectivity index is 0.000000292. The van der Waals surface area contributed by atoms with E-state index >= 15 is 0 Å². The molecule has 2 heterocycles. The molecular formula is C16H18FN3O3S. The van der Waals surface area contributed by atoms with E-state index in [0.29, 0.717) is 11.4 Å². The lowest BCUT2D eigenvalue weighted by Gasteiger charge is -2.09. The average Bonchev–Trinajstić information content (AvgIpc) is 2.63. The molecule has 0 radical (unpaired) electrons. The monoisotopic (exact) mass is 351 g/mol. The zero-order valence-corrected chi connectivity index (χ0v) is 14.0. The molecule has 128 valence electrons. The van der Waals surface area contributed by atoms with Crippen LogP contribution in [0.4, 0.5) is 10.2 Å². The van der Waals surface area contributed by atoms with Gasteiger partial charge in [-0.2, -0.15) is 0 Å². The second-order valence-corrected chi connectivity index (χ2v) is 5.45. The van der Waals surface area contributed by atoms with Crippen LogP contribution in [0.5, 0.6) is 0 Å². The van der Waals surface area contributed by atoms with Crippen LogP contribution in [0.2, 0.25) is 0 Å². The standard InChI is InChI=1S/C12H10FN3OS.C4H8O2/c1-18-12-15-10(8(6-17)11(14)16-12)7-4-2-3-5-9(7)13;1-2-6-4-3-5-1/h2-6H,1H3,(H2,14,15,16);1-4H2. The summed E-state index contributed by atoms with van der Waals surface area (Å²) in [5.41, 5.74) is 6.25. The topological polar surface area (TPSA) is 87.3 Å². The van der Waals surface area contributed by atoms with Gasteiger partial charge in [-0.05, 0) is 18.4 Å². The first-order valence-corrected chi connectivity index (χ1v) is 8.47. The van der Waals surface area contributed by atoms with E-state index in [-0.39, 0.29) is 22.6 Å². The van der Waals surface area contributed by atoms with Gasteiger partial charge in [0.2, 0.25) is 0 Å². The van der Waals surface area contributed by atoms with Gasteiger partial charge in [-0.3, -0.25) is 4.79 Å². The molecule has 0 amide bonds. The Hall–Kier alpha value is -2.03. The highest BCUT2D eigenvalue weighted by molar-refractivity contribution is 7.98. The predicted octanol–water partition coefficient (Wildman–Crippen LogP) is 2.43. The van der Waals surface area contributed by atoms with Crippen molar-refractivity contribution in [3.05, 3.63) is 35.6 Å². The number of rotatable bonds is 3. The molecule has 0 saturated carbocycles. The molecule has 8 heteroatoms. The Morgan fingerprint density at radius 1 is 1.17 bits per heavy atom. The van der Waals surface area contributed by atoms with Crippen LogP contribution in [-0.2, 0) is 9.47 Å². The molecule has 0 bridgehead atoms. The van der Waals surface area contributed by atoms with Crippen molar-refractivity contribution >= 4 is 23.9 Å². The average molecular weight is 351 g/mol. The summed E-state index contributed by atoms with van der Waals surface area (Å²) in [5.74, 6) is -0.395. The Labute approximate surface area is 143 Å². The first-order chi connectivity index (χ1) is 11.7. The van der Waals surface area contributed by atoms with Crippen LogP contribution in [0.1, 0.15) is 10.4 Å². The van der Waals surface area contributed by atoms with E-state index in [4.69, 9.17) is 15.2 Å². The molecular weight excluding hydrogens is 333 g/mol. The number of ether oxygens (including phenoxy) is 2. The number of nitrogens with zero attached hydrogens (tertiary/aromatic N) is 2. The number of aromatic nitrogens is 2. The van der Waals surface area contributed by atoms with Crippen molar-refractivity contribution in [1.82, 2.24) is 9.97 Å². The van der Waals surface area contributed by atoms with Crippen molar-refractivity contribution in [2.75, 3.05) is 38.4 Å². The molecule has 1 saturated heterocycles. The first-order valence-electron chi connectivity index (χ1n) is 7.24. The number of carbonyl (C=O) groups is 1. The number of carbonyl (C=O) groups excluding carboxylic acids is 1. The number of nitrogens with two attached hydrogens (primary N) is 1. The smallest absolute Gasteiger partial charge is 0.189 e. The van der Waals surface area contributed by atoms with Gasteiger partial charge < -0.3 is 15.2 Å². The van der Waals surface area contributed by atoms with Crippen molar-refractivity contribution in [3.8, 4) is 11.3 Å². The highest BCUT2D eigenvalue weighted by Gasteiger charge is 2.16. The highest BCUT2D eigenvalue weighted by atomic mass is 32.2. The van der Waals surface area contributed by atoms with Crippen LogP contribution in [0.25, 0.3) is 11.3 Å². The van der Waals surface area contributed by atoms with E-state index in [2.05, 4.69) is 9.97 Å². The molecule has 6 nitrogen and oxygen atoms in total. The van der Waals surface area contributed by atoms with E-state index < -0.39 is 5.82 Å². The minimum absolute atomic E-state index is 0.0580. The van der Waals surface area contributed by atoms with Crippen LogP contribution >= 0.6 is 11.8 Å². The molecule has 1 aliphatic rings. The number of aldehydes is 1. The molecule has 3 rings (SSSR count). The van der Waals surface area contributed by atoms with E-state index in [9.17, 15) is 9.18 Å². The molecule has 1 aromatic carbocycles.